The van der Waals surface area contributed by atoms with Crippen molar-refractivity contribution in [2.24, 2.45) is 5.92 Å². The Kier molecular flexibility index (Phi) is 8.60. The first kappa shape index (κ1) is 30.8. The van der Waals surface area contributed by atoms with Crippen molar-refractivity contribution in [3.05, 3.63) is 113 Å². The third-order valence-corrected chi connectivity index (χ3v) is 9.34. The number of rotatable bonds is 9. The smallest absolute Gasteiger partial charge is 0.254 e. The summed E-state index contributed by atoms with van der Waals surface area (Å²) in [7, 11) is 1.52. The third-order valence-electron chi connectivity index (χ3n) is 9.34. The van der Waals surface area contributed by atoms with Gasteiger partial charge in [-0.15, -0.1) is 0 Å². The van der Waals surface area contributed by atoms with Crippen molar-refractivity contribution in [3.63, 3.8) is 0 Å². The maximum absolute atomic E-state index is 14.9. The Morgan fingerprint density at radius 1 is 0.915 bits per heavy atom. The molecule has 1 fully saturated rings. The van der Waals surface area contributed by atoms with E-state index in [9.17, 15) is 18.0 Å². The molecule has 1 aliphatic carbocycles. The normalized spacial score (nSPS) is 17.4. The second kappa shape index (κ2) is 13.1. The molecule has 4 aromatic carbocycles. The SMILES string of the molecule is COc1ccc(COc2c(F)cc(C(=O)NC[C@H]3CC[C@H](n4cc5ccc(-c6ccc7c(c6)CNC7)cc5n4)CC3)c(F)c2F)cc1. The number of ether oxygens (including phenoxy) is 2. The van der Waals surface area contributed by atoms with Crippen molar-refractivity contribution < 1.29 is 27.4 Å². The molecule has 1 amide bonds. The molecule has 47 heavy (non-hydrogen) atoms. The predicted octanol–water partition coefficient (Wildman–Crippen LogP) is 7.47. The summed E-state index contributed by atoms with van der Waals surface area (Å²) in [5.41, 5.74) is 5.90. The number of fused-ring (bicyclic) bond motifs is 2. The van der Waals surface area contributed by atoms with Crippen LogP contribution in [-0.4, -0.2) is 29.3 Å². The van der Waals surface area contributed by atoms with Crippen LogP contribution in [0.25, 0.3) is 22.0 Å². The minimum absolute atomic E-state index is 0.158. The zero-order chi connectivity index (χ0) is 32.5. The summed E-state index contributed by atoms with van der Waals surface area (Å²) in [6.45, 7) is 1.91. The molecule has 5 aromatic rings. The van der Waals surface area contributed by atoms with Gasteiger partial charge >= 0.3 is 0 Å². The lowest BCUT2D eigenvalue weighted by Crippen LogP contribution is -2.32. The van der Waals surface area contributed by atoms with Gasteiger partial charge in [-0.3, -0.25) is 9.48 Å². The lowest BCUT2D eigenvalue weighted by Gasteiger charge is -2.28. The summed E-state index contributed by atoms with van der Waals surface area (Å²) in [4.78, 5) is 12.8. The molecule has 1 aliphatic heterocycles. The number of hydrogen-bond donors (Lipinski definition) is 2. The van der Waals surface area contributed by atoms with E-state index >= 15 is 0 Å². The summed E-state index contributed by atoms with van der Waals surface area (Å²) in [5.74, 6) is -5.08. The highest BCUT2D eigenvalue weighted by Gasteiger charge is 2.27. The highest BCUT2D eigenvalue weighted by molar-refractivity contribution is 5.94. The molecular weight excluding hydrogens is 605 g/mol. The molecule has 2 N–H and O–H groups in total. The monoisotopic (exact) mass is 640 g/mol. The molecule has 2 aliphatic rings. The summed E-state index contributed by atoms with van der Waals surface area (Å²) in [6.07, 6.45) is 5.50. The van der Waals surface area contributed by atoms with Crippen LogP contribution in [0.4, 0.5) is 13.2 Å². The van der Waals surface area contributed by atoms with Crippen LogP contribution in [0, 0.1) is 23.4 Å². The van der Waals surface area contributed by atoms with E-state index in [1.165, 1.54) is 23.8 Å². The van der Waals surface area contributed by atoms with Crippen LogP contribution in [-0.2, 0) is 19.7 Å². The number of carbonyl (C=O) groups is 1. The number of benzene rings is 4. The average Bonchev–Trinajstić information content (AvgIpc) is 3.76. The molecule has 1 saturated carbocycles. The Hall–Kier alpha value is -4.83. The van der Waals surface area contributed by atoms with Crippen LogP contribution in [0.1, 0.15) is 58.8 Å². The first-order valence-corrected chi connectivity index (χ1v) is 15.9. The first-order valence-electron chi connectivity index (χ1n) is 15.9. The van der Waals surface area contributed by atoms with Crippen LogP contribution >= 0.6 is 0 Å². The summed E-state index contributed by atoms with van der Waals surface area (Å²) < 4.78 is 56.8. The molecule has 0 spiro atoms. The van der Waals surface area contributed by atoms with Gasteiger partial charge in [0, 0.05) is 31.2 Å². The molecule has 0 unspecified atom stereocenters. The van der Waals surface area contributed by atoms with Gasteiger partial charge < -0.3 is 20.1 Å². The Labute approximate surface area is 270 Å². The van der Waals surface area contributed by atoms with Crippen LogP contribution in [0.2, 0.25) is 0 Å². The largest absolute Gasteiger partial charge is 0.497 e. The molecule has 0 saturated heterocycles. The molecule has 7 rings (SSSR count). The first-order chi connectivity index (χ1) is 22.9. The Bertz CT molecular complexity index is 1930. The van der Waals surface area contributed by atoms with Crippen molar-refractivity contribution in [2.75, 3.05) is 13.7 Å². The summed E-state index contributed by atoms with van der Waals surface area (Å²) in [5, 5.41) is 12.1. The number of carbonyl (C=O) groups excluding carboxylic acids is 1. The van der Waals surface area contributed by atoms with Crippen LogP contribution in [0.15, 0.2) is 72.9 Å². The van der Waals surface area contributed by atoms with Gasteiger partial charge in [-0.25, -0.2) is 8.78 Å². The van der Waals surface area contributed by atoms with E-state index in [0.717, 1.165) is 55.2 Å². The van der Waals surface area contributed by atoms with Crippen LogP contribution in [0.5, 0.6) is 11.5 Å². The number of nitrogens with one attached hydrogen (secondary N) is 2. The summed E-state index contributed by atoms with van der Waals surface area (Å²) >= 11 is 0. The number of halogens is 3. The topological polar surface area (TPSA) is 77.4 Å². The van der Waals surface area contributed by atoms with E-state index in [2.05, 4.69) is 57.9 Å². The Balaban J connectivity index is 0.935. The van der Waals surface area contributed by atoms with E-state index in [1.807, 2.05) is 0 Å². The van der Waals surface area contributed by atoms with Crippen LogP contribution < -0.4 is 20.1 Å². The standard InChI is InChI=1S/C37H35F3N4O3/c1-46-30-12-4-23(5-13-30)21-47-36-32(38)16-31(34(39)35(36)40)37(45)42-17-22-2-10-29(11-3-22)44-20-27-9-7-25(15-33(27)43-44)24-6-8-26-18-41-19-28(26)14-24/h4-9,12-16,20,22,29,41H,2-3,10-11,17-19,21H2,1H3,(H,42,45)/t22-,29-. The van der Waals surface area contributed by atoms with Crippen molar-refractivity contribution in [1.82, 2.24) is 20.4 Å². The van der Waals surface area contributed by atoms with Gasteiger partial charge in [0.15, 0.2) is 17.4 Å². The van der Waals surface area contributed by atoms with Gasteiger partial charge in [0.25, 0.3) is 5.91 Å². The van der Waals surface area contributed by atoms with Crippen molar-refractivity contribution in [2.45, 2.75) is 51.4 Å². The molecule has 0 atom stereocenters. The number of amides is 1. The number of nitrogens with zero attached hydrogens (tertiary/aromatic N) is 2. The molecule has 1 aromatic heterocycles. The zero-order valence-electron chi connectivity index (χ0n) is 26.0. The highest BCUT2D eigenvalue weighted by atomic mass is 19.2. The predicted molar refractivity (Wildman–Crippen MR) is 173 cm³/mol. The quantitative estimate of drug-likeness (QED) is 0.164. The van der Waals surface area contributed by atoms with Gasteiger partial charge in [-0.2, -0.15) is 9.49 Å². The Morgan fingerprint density at radius 3 is 2.45 bits per heavy atom. The molecule has 7 nitrogen and oxygen atoms in total. The van der Waals surface area contributed by atoms with Crippen molar-refractivity contribution in [1.29, 1.82) is 0 Å². The maximum Gasteiger partial charge on any atom is 0.254 e. The third kappa shape index (κ3) is 6.42. The average molecular weight is 641 g/mol. The second-order valence-corrected chi connectivity index (χ2v) is 12.4. The van der Waals surface area contributed by atoms with Gasteiger partial charge in [0.2, 0.25) is 5.82 Å². The fourth-order valence-corrected chi connectivity index (χ4v) is 6.58. The molecule has 0 bridgehead atoms. The van der Waals surface area contributed by atoms with Crippen molar-refractivity contribution in [3.8, 4) is 22.6 Å². The van der Waals surface area contributed by atoms with Crippen molar-refractivity contribution >= 4 is 16.8 Å². The molecular formula is C37H35F3N4O3. The minimum atomic E-state index is -1.53. The molecule has 10 heteroatoms. The highest BCUT2D eigenvalue weighted by Crippen LogP contribution is 2.34. The van der Waals surface area contributed by atoms with Gasteiger partial charge in [0.1, 0.15) is 12.4 Å². The van der Waals surface area contributed by atoms with E-state index in [1.54, 1.807) is 24.3 Å². The molecule has 242 valence electrons. The summed E-state index contributed by atoms with van der Waals surface area (Å²) in [6, 6.07) is 20.6. The number of aromatic nitrogens is 2. The molecule has 0 radical (unpaired) electrons. The number of hydrogen-bond acceptors (Lipinski definition) is 5. The van der Waals surface area contributed by atoms with Gasteiger partial charge in [-0.1, -0.05) is 36.4 Å². The lowest BCUT2D eigenvalue weighted by atomic mass is 9.86. The van der Waals surface area contributed by atoms with Gasteiger partial charge in [0.05, 0.1) is 24.2 Å². The van der Waals surface area contributed by atoms with E-state index in [0.29, 0.717) is 17.4 Å². The van der Waals surface area contributed by atoms with E-state index in [-0.39, 0.29) is 25.1 Å². The fraction of sp³-hybridized carbons (Fsp3) is 0.297. The fourth-order valence-electron chi connectivity index (χ4n) is 6.58. The van der Waals surface area contributed by atoms with E-state index in [4.69, 9.17) is 14.6 Å². The van der Waals surface area contributed by atoms with E-state index < -0.39 is 34.7 Å². The van der Waals surface area contributed by atoms with Crippen LogP contribution in [0.3, 0.4) is 0 Å². The lowest BCUT2D eigenvalue weighted by molar-refractivity contribution is 0.0935. The second-order valence-electron chi connectivity index (χ2n) is 12.4. The maximum atomic E-state index is 14.9. The van der Waals surface area contributed by atoms with Gasteiger partial charge in [-0.05, 0) is 89.8 Å². The number of methoxy groups -OCH3 is 1. The molecule has 2 heterocycles. The zero-order valence-corrected chi connectivity index (χ0v) is 26.0. The minimum Gasteiger partial charge on any atom is -0.497 e. The Morgan fingerprint density at radius 2 is 1.66 bits per heavy atom.